The van der Waals surface area contributed by atoms with Crippen LogP contribution >= 0.6 is 0 Å². The molecule has 3 heteroatoms. The summed E-state index contributed by atoms with van der Waals surface area (Å²) in [7, 11) is 0. The van der Waals surface area contributed by atoms with Crippen LogP contribution in [-0.2, 0) is 12.0 Å². The molecule has 0 radical (unpaired) electrons. The van der Waals surface area contributed by atoms with Gasteiger partial charge in [0.25, 0.3) is 5.56 Å². The Balaban J connectivity index is 2.31. The first kappa shape index (κ1) is 10.4. The highest BCUT2D eigenvalue weighted by molar-refractivity contribution is 5.10. The number of nitrogens with zero attached hydrogens (tertiary/aromatic N) is 2. The minimum Gasteiger partial charge on any atom is -0.268 e. The van der Waals surface area contributed by atoms with Crippen molar-refractivity contribution in [2.45, 2.75) is 45.6 Å². The van der Waals surface area contributed by atoms with Crippen molar-refractivity contribution in [3.8, 4) is 0 Å². The van der Waals surface area contributed by atoms with Crippen molar-refractivity contribution >= 4 is 0 Å². The maximum atomic E-state index is 11.6. The lowest BCUT2D eigenvalue weighted by Gasteiger charge is -2.18. The monoisotopic (exact) mass is 206 g/mol. The van der Waals surface area contributed by atoms with E-state index >= 15 is 0 Å². The van der Waals surface area contributed by atoms with Crippen molar-refractivity contribution in [2.75, 3.05) is 0 Å². The highest BCUT2D eigenvalue weighted by Crippen LogP contribution is 2.30. The van der Waals surface area contributed by atoms with Gasteiger partial charge in [-0.05, 0) is 24.8 Å². The molecule has 1 heterocycles. The van der Waals surface area contributed by atoms with Gasteiger partial charge in [-0.3, -0.25) is 4.79 Å². The zero-order chi connectivity index (χ0) is 11.1. The predicted octanol–water partition coefficient (Wildman–Crippen LogP) is 1.95. The van der Waals surface area contributed by atoms with Crippen LogP contribution < -0.4 is 5.56 Å². The summed E-state index contributed by atoms with van der Waals surface area (Å²) in [6, 6.07) is 3.47. The fraction of sp³-hybridized carbons (Fsp3) is 0.667. The molecular weight excluding hydrogens is 188 g/mol. The predicted molar refractivity (Wildman–Crippen MR) is 59.9 cm³/mol. The van der Waals surface area contributed by atoms with Gasteiger partial charge in [0.05, 0.1) is 5.69 Å². The molecule has 0 amide bonds. The van der Waals surface area contributed by atoms with Crippen molar-refractivity contribution < 1.29 is 0 Å². The van der Waals surface area contributed by atoms with Crippen molar-refractivity contribution in [1.29, 1.82) is 0 Å². The highest BCUT2D eigenvalue weighted by Gasteiger charge is 2.23. The van der Waals surface area contributed by atoms with E-state index in [0.29, 0.717) is 5.92 Å². The van der Waals surface area contributed by atoms with Crippen molar-refractivity contribution in [3.63, 3.8) is 0 Å². The quantitative estimate of drug-likeness (QED) is 0.741. The normalized spacial score (nSPS) is 16.7. The molecule has 1 aromatic heterocycles. The number of rotatable bonds is 2. The van der Waals surface area contributed by atoms with Gasteiger partial charge in [-0.2, -0.15) is 5.10 Å². The highest BCUT2D eigenvalue weighted by atomic mass is 16.1. The second kappa shape index (κ2) is 3.47. The van der Waals surface area contributed by atoms with E-state index < -0.39 is 0 Å². The summed E-state index contributed by atoms with van der Waals surface area (Å²) in [5.74, 6) is 0.686. The van der Waals surface area contributed by atoms with Gasteiger partial charge < -0.3 is 0 Å². The van der Waals surface area contributed by atoms with E-state index in [-0.39, 0.29) is 11.0 Å². The van der Waals surface area contributed by atoms with Crippen LogP contribution in [0.1, 0.15) is 39.3 Å². The summed E-state index contributed by atoms with van der Waals surface area (Å²) >= 11 is 0. The van der Waals surface area contributed by atoms with Gasteiger partial charge in [0, 0.05) is 18.0 Å². The van der Waals surface area contributed by atoms with Gasteiger partial charge in [0.15, 0.2) is 0 Å². The molecule has 15 heavy (non-hydrogen) atoms. The Morgan fingerprint density at radius 2 is 2.07 bits per heavy atom. The summed E-state index contributed by atoms with van der Waals surface area (Å²) in [6.07, 6.45) is 2.49. The molecule has 1 aliphatic rings. The maximum Gasteiger partial charge on any atom is 0.266 e. The van der Waals surface area contributed by atoms with Crippen LogP contribution in [0.25, 0.3) is 0 Å². The third kappa shape index (κ3) is 2.46. The lowest BCUT2D eigenvalue weighted by Crippen LogP contribution is -2.27. The molecule has 1 saturated carbocycles. The minimum atomic E-state index is 0.0129. The van der Waals surface area contributed by atoms with E-state index in [4.69, 9.17) is 0 Å². The molecule has 82 valence electrons. The smallest absolute Gasteiger partial charge is 0.266 e. The largest absolute Gasteiger partial charge is 0.268 e. The first-order valence-electron chi connectivity index (χ1n) is 5.55. The second-order valence-corrected chi connectivity index (χ2v) is 5.43. The molecule has 0 aliphatic heterocycles. The van der Waals surface area contributed by atoms with Crippen molar-refractivity contribution in [2.24, 2.45) is 5.92 Å². The molecule has 0 N–H and O–H groups in total. The van der Waals surface area contributed by atoms with Crippen molar-refractivity contribution in [1.82, 2.24) is 9.78 Å². The SMILES string of the molecule is CC(C)(C)c1ccc(=O)n(CC2CC2)n1. The summed E-state index contributed by atoms with van der Waals surface area (Å²) in [6.45, 7) is 7.13. The third-order valence-electron chi connectivity index (χ3n) is 2.76. The zero-order valence-corrected chi connectivity index (χ0v) is 9.66. The lowest BCUT2D eigenvalue weighted by molar-refractivity contribution is 0.480. The standard InChI is InChI=1S/C12H18N2O/c1-12(2,3)10-6-7-11(15)14(13-10)8-9-4-5-9/h6-7,9H,4-5,8H2,1-3H3. The Kier molecular flexibility index (Phi) is 2.41. The first-order chi connectivity index (χ1) is 6.97. The Morgan fingerprint density at radius 3 is 2.60 bits per heavy atom. The summed E-state index contributed by atoms with van der Waals surface area (Å²) < 4.78 is 1.62. The van der Waals surface area contributed by atoms with Gasteiger partial charge in [-0.15, -0.1) is 0 Å². The molecular formula is C12H18N2O. The molecule has 3 nitrogen and oxygen atoms in total. The van der Waals surface area contributed by atoms with Crippen LogP contribution in [0.15, 0.2) is 16.9 Å². The fourth-order valence-electron chi connectivity index (χ4n) is 1.52. The van der Waals surface area contributed by atoms with Crippen LogP contribution in [0.2, 0.25) is 0 Å². The van der Waals surface area contributed by atoms with Crippen LogP contribution in [0.4, 0.5) is 0 Å². The maximum absolute atomic E-state index is 11.6. The van der Waals surface area contributed by atoms with Crippen molar-refractivity contribution in [3.05, 3.63) is 28.2 Å². The van der Waals surface area contributed by atoms with Gasteiger partial charge in [-0.25, -0.2) is 4.68 Å². The van der Waals surface area contributed by atoms with Gasteiger partial charge in [0.2, 0.25) is 0 Å². The molecule has 0 atom stereocenters. The van der Waals surface area contributed by atoms with E-state index in [1.807, 2.05) is 6.07 Å². The van der Waals surface area contributed by atoms with Crippen LogP contribution in [0.5, 0.6) is 0 Å². The number of aromatic nitrogens is 2. The van der Waals surface area contributed by atoms with Crippen LogP contribution in [0, 0.1) is 5.92 Å². The van der Waals surface area contributed by atoms with E-state index in [9.17, 15) is 4.79 Å². The van der Waals surface area contributed by atoms with Crippen LogP contribution in [0.3, 0.4) is 0 Å². The Bertz CT molecular complexity index is 410. The van der Waals surface area contributed by atoms with E-state index in [1.54, 1.807) is 10.7 Å². The molecule has 0 spiro atoms. The average Bonchev–Trinajstić information content (AvgIpc) is 2.90. The van der Waals surface area contributed by atoms with Gasteiger partial charge in [0.1, 0.15) is 0 Å². The summed E-state index contributed by atoms with van der Waals surface area (Å²) in [5.41, 5.74) is 1.02. The van der Waals surface area contributed by atoms with Gasteiger partial charge >= 0.3 is 0 Å². The van der Waals surface area contributed by atoms with Gasteiger partial charge in [-0.1, -0.05) is 20.8 Å². The number of hydrogen-bond donors (Lipinski definition) is 0. The fourth-order valence-corrected chi connectivity index (χ4v) is 1.52. The molecule has 0 aromatic carbocycles. The molecule has 0 saturated heterocycles. The molecule has 1 fully saturated rings. The zero-order valence-electron chi connectivity index (χ0n) is 9.66. The lowest BCUT2D eigenvalue weighted by atomic mass is 9.92. The molecule has 0 unspecified atom stereocenters. The van der Waals surface area contributed by atoms with Crippen LogP contribution in [-0.4, -0.2) is 9.78 Å². The first-order valence-corrected chi connectivity index (χ1v) is 5.55. The Hall–Kier alpha value is -1.12. The van der Waals surface area contributed by atoms with E-state index in [1.165, 1.54) is 12.8 Å². The minimum absolute atomic E-state index is 0.0129. The topological polar surface area (TPSA) is 34.9 Å². The summed E-state index contributed by atoms with van der Waals surface area (Å²) in [5, 5.41) is 4.43. The second-order valence-electron chi connectivity index (χ2n) is 5.43. The van der Waals surface area contributed by atoms with E-state index in [2.05, 4.69) is 25.9 Å². The molecule has 0 bridgehead atoms. The number of hydrogen-bond acceptors (Lipinski definition) is 2. The average molecular weight is 206 g/mol. The summed E-state index contributed by atoms with van der Waals surface area (Å²) in [4.78, 5) is 11.6. The Labute approximate surface area is 90.1 Å². The third-order valence-corrected chi connectivity index (χ3v) is 2.76. The molecule has 1 aliphatic carbocycles. The molecule has 1 aromatic rings. The van der Waals surface area contributed by atoms with E-state index in [0.717, 1.165) is 12.2 Å². The Morgan fingerprint density at radius 1 is 1.40 bits per heavy atom. The molecule has 2 rings (SSSR count).